The number of alkyl halides is 2. The van der Waals surface area contributed by atoms with Crippen LogP contribution in [0.15, 0.2) is 67.0 Å². The third-order valence-electron chi connectivity index (χ3n) is 4.30. The van der Waals surface area contributed by atoms with Gasteiger partial charge >= 0.3 is 6.61 Å². The molecule has 0 radical (unpaired) electrons. The van der Waals surface area contributed by atoms with E-state index >= 15 is 0 Å². The standard InChI is InChI=1S/C21H15F2N5O/c22-21(23)29-17-6-7-19-18(10-17)20(14(11-24)12-25-19)26-13-15-8-9-28(27-15)16-4-2-1-3-5-16/h1-10,12,21H,13H2,(H,25,26). The van der Waals surface area contributed by atoms with E-state index in [0.717, 1.165) is 11.4 Å². The molecule has 0 unspecified atom stereocenters. The topological polar surface area (TPSA) is 75.8 Å². The van der Waals surface area contributed by atoms with Crippen LogP contribution in [0.3, 0.4) is 0 Å². The average Bonchev–Trinajstić information content (AvgIpc) is 3.21. The van der Waals surface area contributed by atoms with Crippen molar-refractivity contribution in [3.63, 3.8) is 0 Å². The summed E-state index contributed by atoms with van der Waals surface area (Å²) in [7, 11) is 0. The number of aromatic nitrogens is 3. The molecule has 0 bridgehead atoms. The predicted molar refractivity (Wildman–Crippen MR) is 104 cm³/mol. The molecule has 0 atom stereocenters. The molecule has 0 saturated heterocycles. The molecule has 2 heterocycles. The Morgan fingerprint density at radius 1 is 1.14 bits per heavy atom. The average molecular weight is 391 g/mol. The van der Waals surface area contributed by atoms with E-state index in [1.807, 2.05) is 42.6 Å². The van der Waals surface area contributed by atoms with E-state index in [1.54, 1.807) is 10.7 Å². The molecule has 0 amide bonds. The first-order valence-electron chi connectivity index (χ1n) is 8.75. The van der Waals surface area contributed by atoms with Crippen LogP contribution in [-0.2, 0) is 6.54 Å². The van der Waals surface area contributed by atoms with Gasteiger partial charge in [0.25, 0.3) is 0 Å². The largest absolute Gasteiger partial charge is 0.435 e. The Morgan fingerprint density at radius 2 is 1.97 bits per heavy atom. The lowest BCUT2D eigenvalue weighted by Crippen LogP contribution is -2.05. The summed E-state index contributed by atoms with van der Waals surface area (Å²) in [6.45, 7) is -2.59. The number of hydrogen-bond donors (Lipinski definition) is 1. The van der Waals surface area contributed by atoms with E-state index in [-0.39, 0.29) is 5.75 Å². The van der Waals surface area contributed by atoms with Crippen LogP contribution in [-0.4, -0.2) is 21.4 Å². The van der Waals surface area contributed by atoms with Gasteiger partial charge in [0.05, 0.1) is 34.7 Å². The summed E-state index contributed by atoms with van der Waals surface area (Å²) < 4.78 is 31.4. The highest BCUT2D eigenvalue weighted by Crippen LogP contribution is 2.30. The first kappa shape index (κ1) is 18.4. The van der Waals surface area contributed by atoms with Gasteiger partial charge in [0.15, 0.2) is 0 Å². The Morgan fingerprint density at radius 3 is 2.72 bits per heavy atom. The molecule has 2 aromatic carbocycles. The molecule has 8 heteroatoms. The maximum absolute atomic E-state index is 12.6. The maximum atomic E-state index is 12.6. The quantitative estimate of drug-likeness (QED) is 0.524. The van der Waals surface area contributed by atoms with Crippen LogP contribution in [0.1, 0.15) is 11.3 Å². The van der Waals surface area contributed by atoms with Gasteiger partial charge in [-0.15, -0.1) is 0 Å². The second-order valence-electron chi connectivity index (χ2n) is 6.16. The number of nitrogens with zero attached hydrogens (tertiary/aromatic N) is 4. The molecule has 2 aromatic heterocycles. The highest BCUT2D eigenvalue weighted by Gasteiger charge is 2.12. The minimum Gasteiger partial charge on any atom is -0.435 e. The van der Waals surface area contributed by atoms with Gasteiger partial charge in [-0.3, -0.25) is 4.98 Å². The van der Waals surface area contributed by atoms with Crippen LogP contribution in [0.2, 0.25) is 0 Å². The number of rotatable bonds is 6. The SMILES string of the molecule is N#Cc1cnc2ccc(OC(F)F)cc2c1NCc1ccn(-c2ccccc2)n1. The third-order valence-corrected chi connectivity index (χ3v) is 4.30. The van der Waals surface area contributed by atoms with Gasteiger partial charge in [-0.25, -0.2) is 4.68 Å². The molecular formula is C21H15F2N5O. The molecule has 4 aromatic rings. The van der Waals surface area contributed by atoms with Crippen LogP contribution in [0.5, 0.6) is 5.75 Å². The lowest BCUT2D eigenvalue weighted by Gasteiger charge is -2.12. The molecule has 29 heavy (non-hydrogen) atoms. The minimum atomic E-state index is -2.93. The number of pyridine rings is 1. The molecule has 0 spiro atoms. The lowest BCUT2D eigenvalue weighted by molar-refractivity contribution is -0.0497. The first-order valence-corrected chi connectivity index (χ1v) is 8.75. The van der Waals surface area contributed by atoms with Crippen LogP contribution >= 0.6 is 0 Å². The molecule has 0 fully saturated rings. The summed E-state index contributed by atoms with van der Waals surface area (Å²) in [5.74, 6) is 0.000736. The number of nitriles is 1. The Kier molecular flexibility index (Phi) is 5.03. The fourth-order valence-corrected chi connectivity index (χ4v) is 2.98. The van der Waals surface area contributed by atoms with Crippen LogP contribution in [0, 0.1) is 11.3 Å². The van der Waals surface area contributed by atoms with Crippen LogP contribution in [0.25, 0.3) is 16.6 Å². The zero-order valence-corrected chi connectivity index (χ0v) is 15.1. The molecular weight excluding hydrogens is 376 g/mol. The van der Waals surface area contributed by atoms with Crippen molar-refractivity contribution in [2.24, 2.45) is 0 Å². The second kappa shape index (κ2) is 7.94. The van der Waals surface area contributed by atoms with Gasteiger partial charge in [-0.1, -0.05) is 18.2 Å². The van der Waals surface area contributed by atoms with Gasteiger partial charge < -0.3 is 10.1 Å². The number of ether oxygens (including phenoxy) is 1. The van der Waals surface area contributed by atoms with Crippen molar-refractivity contribution in [1.29, 1.82) is 5.26 Å². The molecule has 6 nitrogen and oxygen atoms in total. The Labute approximate surface area is 165 Å². The second-order valence-corrected chi connectivity index (χ2v) is 6.16. The van der Waals surface area contributed by atoms with Crippen molar-refractivity contribution in [3.05, 3.63) is 78.2 Å². The number of fused-ring (bicyclic) bond motifs is 1. The van der Waals surface area contributed by atoms with Gasteiger partial charge in [-0.2, -0.15) is 19.1 Å². The van der Waals surface area contributed by atoms with Crippen molar-refractivity contribution in [2.45, 2.75) is 13.2 Å². The molecule has 0 aliphatic rings. The number of para-hydroxylation sites is 1. The highest BCUT2D eigenvalue weighted by atomic mass is 19.3. The zero-order chi connectivity index (χ0) is 20.2. The van der Waals surface area contributed by atoms with Crippen LogP contribution in [0.4, 0.5) is 14.5 Å². The van der Waals surface area contributed by atoms with E-state index in [0.29, 0.717) is 28.7 Å². The van der Waals surface area contributed by atoms with Gasteiger partial charge in [0.2, 0.25) is 0 Å². The Bertz CT molecular complexity index is 1180. The summed E-state index contributed by atoms with van der Waals surface area (Å²) in [4.78, 5) is 4.21. The smallest absolute Gasteiger partial charge is 0.387 e. The van der Waals surface area contributed by atoms with Gasteiger partial charge in [0, 0.05) is 17.8 Å². The molecule has 0 aliphatic carbocycles. The number of nitrogens with one attached hydrogen (secondary N) is 1. The maximum Gasteiger partial charge on any atom is 0.387 e. The first-order chi connectivity index (χ1) is 14.1. The van der Waals surface area contributed by atoms with Gasteiger partial charge in [0.1, 0.15) is 11.8 Å². The summed E-state index contributed by atoms with van der Waals surface area (Å²) in [5, 5.41) is 17.7. The summed E-state index contributed by atoms with van der Waals surface area (Å²) >= 11 is 0. The normalized spacial score (nSPS) is 10.8. The van der Waals surface area contributed by atoms with E-state index in [9.17, 15) is 14.0 Å². The predicted octanol–water partition coefficient (Wildman–Crippen LogP) is 4.51. The van der Waals surface area contributed by atoms with E-state index in [4.69, 9.17) is 0 Å². The van der Waals surface area contributed by atoms with Crippen molar-refractivity contribution >= 4 is 16.6 Å². The van der Waals surface area contributed by atoms with E-state index < -0.39 is 6.61 Å². The summed E-state index contributed by atoms with van der Waals surface area (Å²) in [6.07, 6.45) is 3.29. The molecule has 0 aliphatic heterocycles. The third kappa shape index (κ3) is 3.99. The van der Waals surface area contributed by atoms with Crippen molar-refractivity contribution in [2.75, 3.05) is 5.32 Å². The van der Waals surface area contributed by atoms with Crippen LogP contribution < -0.4 is 10.1 Å². The highest BCUT2D eigenvalue weighted by molar-refractivity contribution is 5.94. The van der Waals surface area contributed by atoms with E-state index in [1.165, 1.54) is 18.3 Å². The molecule has 1 N–H and O–H groups in total. The molecule has 144 valence electrons. The number of anilines is 1. The number of benzene rings is 2. The lowest BCUT2D eigenvalue weighted by atomic mass is 10.1. The van der Waals surface area contributed by atoms with E-state index in [2.05, 4.69) is 26.2 Å². The fraction of sp³-hybridized carbons (Fsp3) is 0.0952. The number of halogens is 2. The Balaban J connectivity index is 1.63. The van der Waals surface area contributed by atoms with Gasteiger partial charge in [-0.05, 0) is 36.4 Å². The fourth-order valence-electron chi connectivity index (χ4n) is 2.98. The molecule has 0 saturated carbocycles. The number of hydrogen-bond acceptors (Lipinski definition) is 5. The summed E-state index contributed by atoms with van der Waals surface area (Å²) in [6, 6.07) is 18.0. The summed E-state index contributed by atoms with van der Waals surface area (Å²) in [5.41, 5.74) is 3.03. The Hall–Kier alpha value is -3.99. The minimum absolute atomic E-state index is 0.000736. The van der Waals surface area contributed by atoms with Crippen molar-refractivity contribution in [3.8, 4) is 17.5 Å². The van der Waals surface area contributed by atoms with Crippen molar-refractivity contribution in [1.82, 2.24) is 14.8 Å². The van der Waals surface area contributed by atoms with Crippen molar-refractivity contribution < 1.29 is 13.5 Å². The zero-order valence-electron chi connectivity index (χ0n) is 15.1. The monoisotopic (exact) mass is 391 g/mol. The molecule has 4 rings (SSSR count).